The molecule has 0 spiro atoms. The molecule has 4 rings (SSSR count). The number of para-hydroxylation sites is 1. The fourth-order valence-corrected chi connectivity index (χ4v) is 4.21. The van der Waals surface area contributed by atoms with E-state index in [1.165, 1.54) is 22.7 Å². The summed E-state index contributed by atoms with van der Waals surface area (Å²) in [7, 11) is 3.45. The summed E-state index contributed by atoms with van der Waals surface area (Å²) < 4.78 is 11.7. The molecule has 0 atom stereocenters. The van der Waals surface area contributed by atoms with Gasteiger partial charge in [0.15, 0.2) is 16.0 Å². The zero-order valence-electron chi connectivity index (χ0n) is 14.6. The number of rotatable bonds is 6. The number of amides is 1. The fourth-order valence-electron chi connectivity index (χ4n) is 2.55. The number of carbonyl (C=O) groups excluding carboxylic acids is 1. The van der Waals surface area contributed by atoms with Gasteiger partial charge < -0.3 is 19.4 Å². The van der Waals surface area contributed by atoms with Gasteiger partial charge >= 0.3 is 0 Å². The second kappa shape index (κ2) is 7.37. The van der Waals surface area contributed by atoms with Crippen LogP contribution in [0.5, 0.6) is 5.75 Å². The van der Waals surface area contributed by atoms with E-state index in [0.717, 1.165) is 21.1 Å². The van der Waals surface area contributed by atoms with Crippen LogP contribution in [0.15, 0.2) is 46.4 Å². The van der Waals surface area contributed by atoms with Gasteiger partial charge in [-0.1, -0.05) is 17.4 Å². The van der Waals surface area contributed by atoms with E-state index in [9.17, 15) is 4.79 Å². The zero-order valence-corrected chi connectivity index (χ0v) is 16.3. The number of nitrogens with zero attached hydrogens (tertiary/aromatic N) is 3. The molecule has 3 heterocycles. The van der Waals surface area contributed by atoms with Gasteiger partial charge in [-0.2, -0.15) is 0 Å². The smallest absolute Gasteiger partial charge is 0.245 e. The Bertz CT molecular complexity index is 1070. The highest BCUT2D eigenvalue weighted by molar-refractivity contribution is 7.22. The second-order valence-corrected chi connectivity index (χ2v) is 7.59. The predicted molar refractivity (Wildman–Crippen MR) is 108 cm³/mol. The molecule has 0 aliphatic heterocycles. The molecule has 138 valence electrons. The molecule has 4 aromatic rings. The molecule has 0 unspecified atom stereocenters. The van der Waals surface area contributed by atoms with Crippen molar-refractivity contribution >= 4 is 49.1 Å². The molecule has 1 amide bonds. The van der Waals surface area contributed by atoms with Crippen LogP contribution in [0.3, 0.4) is 0 Å². The van der Waals surface area contributed by atoms with E-state index >= 15 is 0 Å². The summed E-state index contributed by atoms with van der Waals surface area (Å²) in [6, 6.07) is 9.41. The molecule has 27 heavy (non-hydrogen) atoms. The third kappa shape index (κ3) is 3.64. The molecule has 0 aliphatic carbocycles. The summed E-state index contributed by atoms with van der Waals surface area (Å²) in [6.07, 6.45) is 1.59. The lowest BCUT2D eigenvalue weighted by Gasteiger charge is -2.14. The van der Waals surface area contributed by atoms with Crippen molar-refractivity contribution in [3.05, 3.63) is 42.0 Å². The van der Waals surface area contributed by atoms with Crippen LogP contribution in [0.4, 0.5) is 10.3 Å². The van der Waals surface area contributed by atoms with Gasteiger partial charge in [-0.25, -0.2) is 9.97 Å². The Labute approximate surface area is 163 Å². The molecule has 0 bridgehead atoms. The van der Waals surface area contributed by atoms with Gasteiger partial charge in [-0.3, -0.25) is 4.79 Å². The van der Waals surface area contributed by atoms with Gasteiger partial charge in [0, 0.05) is 12.4 Å². The van der Waals surface area contributed by atoms with Crippen molar-refractivity contribution in [3.63, 3.8) is 0 Å². The van der Waals surface area contributed by atoms with E-state index in [1.807, 2.05) is 36.7 Å². The van der Waals surface area contributed by atoms with Crippen molar-refractivity contribution in [1.82, 2.24) is 9.97 Å². The number of fused-ring (bicyclic) bond motifs is 1. The minimum atomic E-state index is -0.163. The van der Waals surface area contributed by atoms with Crippen LogP contribution in [-0.4, -0.2) is 36.6 Å². The van der Waals surface area contributed by atoms with Crippen LogP contribution in [0.25, 0.3) is 21.7 Å². The van der Waals surface area contributed by atoms with Crippen molar-refractivity contribution in [3.8, 4) is 17.2 Å². The van der Waals surface area contributed by atoms with Gasteiger partial charge in [-0.05, 0) is 24.3 Å². The number of furan rings is 1. The van der Waals surface area contributed by atoms with E-state index < -0.39 is 0 Å². The SMILES string of the molecule is COc1cccc2sc(N(C)CC(=O)Nc3nc(-c4ccco4)cs3)nc12. The summed E-state index contributed by atoms with van der Waals surface area (Å²) in [5, 5.41) is 5.95. The van der Waals surface area contributed by atoms with E-state index in [2.05, 4.69) is 15.3 Å². The normalized spacial score (nSPS) is 10.9. The number of benzene rings is 1. The summed E-state index contributed by atoms with van der Waals surface area (Å²) in [5.41, 5.74) is 1.50. The maximum atomic E-state index is 12.4. The Kier molecular flexibility index (Phi) is 4.78. The number of anilines is 2. The monoisotopic (exact) mass is 400 g/mol. The molecule has 9 heteroatoms. The number of thiazole rings is 2. The van der Waals surface area contributed by atoms with Crippen molar-refractivity contribution in [2.75, 3.05) is 30.9 Å². The maximum absolute atomic E-state index is 12.4. The number of hydrogen-bond acceptors (Lipinski definition) is 8. The summed E-state index contributed by atoms with van der Waals surface area (Å²) >= 11 is 2.87. The van der Waals surface area contributed by atoms with Crippen molar-refractivity contribution in [1.29, 1.82) is 0 Å². The number of hydrogen-bond donors (Lipinski definition) is 1. The topological polar surface area (TPSA) is 80.5 Å². The Morgan fingerprint density at radius 3 is 2.96 bits per heavy atom. The molecule has 0 aliphatic rings. The third-order valence-corrected chi connectivity index (χ3v) is 5.71. The number of methoxy groups -OCH3 is 1. The number of nitrogens with one attached hydrogen (secondary N) is 1. The largest absolute Gasteiger partial charge is 0.494 e. The number of ether oxygens (including phenoxy) is 1. The van der Waals surface area contributed by atoms with Gasteiger partial charge in [0.05, 0.1) is 24.6 Å². The van der Waals surface area contributed by atoms with Crippen LogP contribution in [0.1, 0.15) is 0 Å². The standard InChI is InChI=1S/C18H16N4O3S2/c1-22(18-21-16-13(24-2)5-3-7-14(16)27-18)9-15(23)20-17-19-11(10-26-17)12-6-4-8-25-12/h3-8,10H,9H2,1-2H3,(H,19,20,23). The molecule has 0 saturated heterocycles. The molecular formula is C18H16N4O3S2. The van der Waals surface area contributed by atoms with Crippen LogP contribution in [-0.2, 0) is 4.79 Å². The summed E-state index contributed by atoms with van der Waals surface area (Å²) in [6.45, 7) is 0.164. The minimum Gasteiger partial charge on any atom is -0.494 e. The van der Waals surface area contributed by atoms with E-state index in [1.54, 1.807) is 24.3 Å². The Morgan fingerprint density at radius 1 is 1.30 bits per heavy atom. The first-order chi connectivity index (χ1) is 13.1. The van der Waals surface area contributed by atoms with Crippen LogP contribution >= 0.6 is 22.7 Å². The van der Waals surface area contributed by atoms with Crippen LogP contribution in [0.2, 0.25) is 0 Å². The van der Waals surface area contributed by atoms with Gasteiger partial charge in [0.25, 0.3) is 0 Å². The highest BCUT2D eigenvalue weighted by Crippen LogP contribution is 2.33. The molecule has 1 aromatic carbocycles. The first-order valence-corrected chi connectivity index (χ1v) is 9.77. The second-order valence-electron chi connectivity index (χ2n) is 5.72. The number of likely N-dealkylation sites (N-methyl/N-ethyl adjacent to an activating group) is 1. The Morgan fingerprint density at radius 2 is 2.19 bits per heavy atom. The number of aromatic nitrogens is 2. The van der Waals surface area contributed by atoms with E-state index in [4.69, 9.17) is 9.15 Å². The van der Waals surface area contributed by atoms with Crippen molar-refractivity contribution < 1.29 is 13.9 Å². The Hall–Kier alpha value is -2.91. The molecule has 0 saturated carbocycles. The predicted octanol–water partition coefficient (Wildman–Crippen LogP) is 4.10. The maximum Gasteiger partial charge on any atom is 0.245 e. The lowest BCUT2D eigenvalue weighted by Crippen LogP contribution is -2.29. The minimum absolute atomic E-state index is 0.163. The zero-order chi connectivity index (χ0) is 18.8. The Balaban J connectivity index is 1.43. The lowest BCUT2D eigenvalue weighted by molar-refractivity contribution is -0.114. The number of carbonyl (C=O) groups is 1. The summed E-state index contributed by atoms with van der Waals surface area (Å²) in [5.74, 6) is 1.23. The van der Waals surface area contributed by atoms with Gasteiger partial charge in [0.1, 0.15) is 17.0 Å². The molecular weight excluding hydrogens is 384 g/mol. The quantitative estimate of drug-likeness (QED) is 0.525. The molecule has 0 fully saturated rings. The van der Waals surface area contributed by atoms with Crippen LogP contribution in [0, 0.1) is 0 Å². The highest BCUT2D eigenvalue weighted by Gasteiger charge is 2.15. The third-order valence-electron chi connectivity index (χ3n) is 3.82. The van der Waals surface area contributed by atoms with Crippen molar-refractivity contribution in [2.45, 2.75) is 0 Å². The first-order valence-electron chi connectivity index (χ1n) is 8.08. The van der Waals surface area contributed by atoms with Gasteiger partial charge in [0.2, 0.25) is 5.91 Å². The van der Waals surface area contributed by atoms with E-state index in [0.29, 0.717) is 16.6 Å². The molecule has 3 aromatic heterocycles. The van der Waals surface area contributed by atoms with Crippen LogP contribution < -0.4 is 15.0 Å². The first kappa shape index (κ1) is 17.5. The molecule has 1 N–H and O–H groups in total. The highest BCUT2D eigenvalue weighted by atomic mass is 32.1. The van der Waals surface area contributed by atoms with Crippen molar-refractivity contribution in [2.24, 2.45) is 0 Å². The average Bonchev–Trinajstić information content (AvgIpc) is 3.40. The summed E-state index contributed by atoms with van der Waals surface area (Å²) in [4.78, 5) is 23.1. The lowest BCUT2D eigenvalue weighted by atomic mass is 10.3. The fraction of sp³-hybridized carbons (Fsp3) is 0.167. The van der Waals surface area contributed by atoms with Gasteiger partial charge in [-0.15, -0.1) is 11.3 Å². The van der Waals surface area contributed by atoms with E-state index in [-0.39, 0.29) is 12.5 Å². The molecule has 7 nitrogen and oxygen atoms in total. The molecule has 0 radical (unpaired) electrons. The average molecular weight is 400 g/mol.